The summed E-state index contributed by atoms with van der Waals surface area (Å²) < 4.78 is 0. The van der Waals surface area contributed by atoms with Crippen molar-refractivity contribution in [2.24, 2.45) is 11.8 Å². The van der Waals surface area contributed by atoms with E-state index in [-0.39, 0.29) is 5.54 Å². The third kappa shape index (κ3) is 1.89. The van der Waals surface area contributed by atoms with Gasteiger partial charge in [-0.25, -0.2) is 0 Å². The Morgan fingerprint density at radius 1 is 1.33 bits per heavy atom. The second kappa shape index (κ2) is 4.11. The average molecular weight is 207 g/mol. The summed E-state index contributed by atoms with van der Waals surface area (Å²) in [7, 11) is 0. The number of hydrogen-bond acceptors (Lipinski definition) is 3. The highest BCUT2D eigenvalue weighted by Gasteiger charge is 2.49. The van der Waals surface area contributed by atoms with Gasteiger partial charge in [0.05, 0.1) is 6.07 Å². The molecule has 0 radical (unpaired) electrons. The first-order valence-electron chi connectivity index (χ1n) is 6.05. The Balaban J connectivity index is 1.97. The predicted octanol–water partition coefficient (Wildman–Crippen LogP) is 1.22. The second-order valence-electron chi connectivity index (χ2n) is 5.29. The van der Waals surface area contributed by atoms with Gasteiger partial charge in [-0.1, -0.05) is 13.8 Å². The molecule has 3 nitrogen and oxygen atoms in total. The molecule has 1 aliphatic carbocycles. The maximum atomic E-state index is 9.38. The second-order valence-corrected chi connectivity index (χ2v) is 5.29. The predicted molar refractivity (Wildman–Crippen MR) is 60.3 cm³/mol. The van der Waals surface area contributed by atoms with Crippen LogP contribution in [0.15, 0.2) is 0 Å². The molecule has 2 aliphatic rings. The molecule has 1 saturated heterocycles. The van der Waals surface area contributed by atoms with E-state index in [1.807, 2.05) is 0 Å². The molecule has 2 rings (SSSR count). The third-order valence-electron chi connectivity index (χ3n) is 4.07. The molecular weight excluding hydrogens is 186 g/mol. The van der Waals surface area contributed by atoms with Gasteiger partial charge in [0.15, 0.2) is 0 Å². The number of rotatable bonds is 2. The maximum absolute atomic E-state index is 9.38. The van der Waals surface area contributed by atoms with E-state index in [0.717, 1.165) is 50.9 Å². The van der Waals surface area contributed by atoms with Gasteiger partial charge in [0, 0.05) is 26.2 Å². The lowest BCUT2D eigenvalue weighted by Crippen LogP contribution is -2.62. The molecule has 1 saturated carbocycles. The van der Waals surface area contributed by atoms with Gasteiger partial charge < -0.3 is 5.32 Å². The highest BCUT2D eigenvalue weighted by Crippen LogP contribution is 2.45. The highest BCUT2D eigenvalue weighted by molar-refractivity contribution is 5.17. The molecule has 84 valence electrons. The zero-order valence-corrected chi connectivity index (χ0v) is 9.79. The van der Waals surface area contributed by atoms with Crippen molar-refractivity contribution in [3.8, 4) is 6.07 Å². The van der Waals surface area contributed by atoms with Crippen molar-refractivity contribution in [2.45, 2.75) is 32.2 Å². The summed E-state index contributed by atoms with van der Waals surface area (Å²) in [5.74, 6) is 1.49. The van der Waals surface area contributed by atoms with Crippen molar-refractivity contribution >= 4 is 0 Å². The summed E-state index contributed by atoms with van der Waals surface area (Å²) in [6.45, 7) is 8.69. The van der Waals surface area contributed by atoms with Gasteiger partial charge in [0.25, 0.3) is 0 Å². The van der Waals surface area contributed by atoms with Crippen LogP contribution in [0.3, 0.4) is 0 Å². The summed E-state index contributed by atoms with van der Waals surface area (Å²) in [5, 5.41) is 12.7. The smallest absolute Gasteiger partial charge is 0.109 e. The van der Waals surface area contributed by atoms with Crippen LogP contribution >= 0.6 is 0 Å². The maximum Gasteiger partial charge on any atom is 0.109 e. The minimum absolute atomic E-state index is 0.114. The lowest BCUT2D eigenvalue weighted by atomic mass is 9.63. The Kier molecular flexibility index (Phi) is 2.99. The van der Waals surface area contributed by atoms with Crippen molar-refractivity contribution < 1.29 is 0 Å². The molecule has 0 aromatic rings. The molecule has 0 spiro atoms. The van der Waals surface area contributed by atoms with Gasteiger partial charge in [-0.2, -0.15) is 5.26 Å². The zero-order valence-electron chi connectivity index (χ0n) is 9.79. The molecule has 0 unspecified atom stereocenters. The molecule has 2 fully saturated rings. The Hall–Kier alpha value is -0.590. The van der Waals surface area contributed by atoms with Crippen LogP contribution in [-0.4, -0.2) is 36.6 Å². The van der Waals surface area contributed by atoms with Crippen molar-refractivity contribution in [3.63, 3.8) is 0 Å². The lowest BCUT2D eigenvalue weighted by molar-refractivity contribution is -0.00594. The molecule has 0 aromatic carbocycles. The third-order valence-corrected chi connectivity index (χ3v) is 4.07. The fourth-order valence-corrected chi connectivity index (χ4v) is 2.79. The van der Waals surface area contributed by atoms with E-state index in [1.165, 1.54) is 0 Å². The van der Waals surface area contributed by atoms with Gasteiger partial charge >= 0.3 is 0 Å². The van der Waals surface area contributed by atoms with Crippen LogP contribution < -0.4 is 5.32 Å². The Labute approximate surface area is 92.4 Å². The van der Waals surface area contributed by atoms with Gasteiger partial charge in [-0.05, 0) is 24.7 Å². The normalized spacial score (nSPS) is 37.3. The van der Waals surface area contributed by atoms with Crippen LogP contribution in [0.25, 0.3) is 0 Å². The molecule has 15 heavy (non-hydrogen) atoms. The number of hydrogen-bond donors (Lipinski definition) is 1. The number of piperazine rings is 1. The van der Waals surface area contributed by atoms with Crippen molar-refractivity contribution in [2.75, 3.05) is 26.2 Å². The van der Waals surface area contributed by atoms with Crippen LogP contribution in [0, 0.1) is 23.2 Å². The van der Waals surface area contributed by atoms with Gasteiger partial charge in [-0.3, -0.25) is 4.90 Å². The van der Waals surface area contributed by atoms with Gasteiger partial charge in [0.2, 0.25) is 0 Å². The molecule has 1 heterocycles. The molecular formula is C12H21N3. The zero-order chi connectivity index (χ0) is 10.9. The molecule has 1 N–H and O–H groups in total. The molecule has 0 amide bonds. The highest BCUT2D eigenvalue weighted by atomic mass is 15.3. The fourth-order valence-electron chi connectivity index (χ4n) is 2.79. The van der Waals surface area contributed by atoms with Crippen LogP contribution in [-0.2, 0) is 0 Å². The van der Waals surface area contributed by atoms with E-state index < -0.39 is 0 Å². The topological polar surface area (TPSA) is 39.1 Å². The number of nitriles is 1. The Morgan fingerprint density at radius 3 is 2.40 bits per heavy atom. The standard InChI is InChI=1S/C12H21N3/c1-10(2)11-7-12(8-11,9-13)15-5-3-14-4-6-15/h10-11,14H,3-8H2,1-2H3. The molecule has 1 aliphatic heterocycles. The molecule has 0 bridgehead atoms. The van der Waals surface area contributed by atoms with E-state index in [4.69, 9.17) is 0 Å². The largest absolute Gasteiger partial charge is 0.314 e. The Morgan fingerprint density at radius 2 is 1.93 bits per heavy atom. The average Bonchev–Trinajstić information content (AvgIpc) is 2.18. The van der Waals surface area contributed by atoms with E-state index in [0.29, 0.717) is 0 Å². The summed E-state index contributed by atoms with van der Waals surface area (Å²) >= 11 is 0. The first kappa shape index (κ1) is 10.9. The first-order valence-corrected chi connectivity index (χ1v) is 6.05. The van der Waals surface area contributed by atoms with Crippen LogP contribution in [0.4, 0.5) is 0 Å². The van der Waals surface area contributed by atoms with Gasteiger partial charge in [0.1, 0.15) is 5.54 Å². The van der Waals surface area contributed by atoms with Crippen molar-refractivity contribution in [3.05, 3.63) is 0 Å². The van der Waals surface area contributed by atoms with Crippen molar-refractivity contribution in [1.82, 2.24) is 10.2 Å². The lowest BCUT2D eigenvalue weighted by Gasteiger charge is -2.52. The van der Waals surface area contributed by atoms with E-state index in [2.05, 4.69) is 30.1 Å². The van der Waals surface area contributed by atoms with Crippen LogP contribution in [0.5, 0.6) is 0 Å². The molecule has 3 heteroatoms. The van der Waals surface area contributed by atoms with Crippen LogP contribution in [0.1, 0.15) is 26.7 Å². The van der Waals surface area contributed by atoms with Crippen LogP contribution in [0.2, 0.25) is 0 Å². The summed E-state index contributed by atoms with van der Waals surface area (Å²) in [6, 6.07) is 2.57. The summed E-state index contributed by atoms with van der Waals surface area (Å²) in [4.78, 5) is 2.39. The summed E-state index contributed by atoms with van der Waals surface area (Å²) in [5.41, 5.74) is -0.114. The first-order chi connectivity index (χ1) is 7.18. The SMILES string of the molecule is CC(C)C1CC(C#N)(N2CCNCC2)C1. The number of nitrogens with zero attached hydrogens (tertiary/aromatic N) is 2. The van der Waals surface area contributed by atoms with E-state index in [9.17, 15) is 5.26 Å². The monoisotopic (exact) mass is 207 g/mol. The molecule has 0 atom stereocenters. The number of nitrogens with one attached hydrogen (secondary N) is 1. The summed E-state index contributed by atoms with van der Waals surface area (Å²) in [6.07, 6.45) is 2.17. The van der Waals surface area contributed by atoms with Crippen molar-refractivity contribution in [1.29, 1.82) is 5.26 Å². The van der Waals surface area contributed by atoms with E-state index in [1.54, 1.807) is 0 Å². The molecule has 0 aromatic heterocycles. The fraction of sp³-hybridized carbons (Fsp3) is 0.917. The Bertz CT molecular complexity index is 255. The van der Waals surface area contributed by atoms with Gasteiger partial charge in [-0.15, -0.1) is 0 Å². The minimum atomic E-state index is -0.114. The quantitative estimate of drug-likeness (QED) is 0.740. The minimum Gasteiger partial charge on any atom is -0.314 e. The van der Waals surface area contributed by atoms with E-state index >= 15 is 0 Å².